The Bertz CT molecular complexity index is 450. The molecule has 0 bridgehead atoms. The van der Waals surface area contributed by atoms with E-state index in [1.807, 2.05) is 0 Å². The molecule has 0 spiro atoms. The van der Waals surface area contributed by atoms with Crippen LogP contribution in [-0.4, -0.2) is 13.1 Å². The predicted molar refractivity (Wildman–Crippen MR) is 88.5 cm³/mol. The fourth-order valence-electron chi connectivity index (χ4n) is 1.06. The summed E-state index contributed by atoms with van der Waals surface area (Å²) in [5.74, 6) is 0.454. The van der Waals surface area contributed by atoms with Crippen molar-refractivity contribution in [2.75, 3.05) is 12.8 Å². The lowest BCUT2D eigenvalue weighted by molar-refractivity contribution is 0.0600. The number of hydrogen-bond acceptors (Lipinski definition) is 3. The molecule has 0 aromatic heterocycles. The second-order valence-electron chi connectivity index (χ2n) is 4.50. The number of benzene rings is 1. The largest absolute Gasteiger partial charge is 0.465 e. The molecule has 5 heteroatoms. The van der Waals surface area contributed by atoms with Crippen LogP contribution >= 0.6 is 31.9 Å². The number of hydrogen-bond donors (Lipinski definition) is 1. The summed E-state index contributed by atoms with van der Waals surface area (Å²) in [4.78, 5) is 11.3. The van der Waals surface area contributed by atoms with Crippen LogP contribution in [0.25, 0.3) is 6.08 Å². The highest BCUT2D eigenvalue weighted by atomic mass is 79.9. The topological polar surface area (TPSA) is 52.3 Å². The van der Waals surface area contributed by atoms with Crippen LogP contribution in [0.1, 0.15) is 36.7 Å². The highest BCUT2D eigenvalue weighted by molar-refractivity contribution is 9.28. The van der Waals surface area contributed by atoms with Gasteiger partial charge in [0, 0.05) is 5.69 Å². The SMILES string of the molecule is CC(C)C.COC(=O)c1ccc(N)c(C=C(Br)Br)c1. The summed E-state index contributed by atoms with van der Waals surface area (Å²) in [6, 6.07) is 4.96. The van der Waals surface area contributed by atoms with E-state index in [-0.39, 0.29) is 5.97 Å². The number of halogens is 2. The van der Waals surface area contributed by atoms with E-state index in [0.29, 0.717) is 11.3 Å². The molecular weight excluding hydrogens is 374 g/mol. The Hall–Kier alpha value is -0.810. The molecule has 0 saturated carbocycles. The van der Waals surface area contributed by atoms with E-state index in [1.165, 1.54) is 7.11 Å². The van der Waals surface area contributed by atoms with E-state index >= 15 is 0 Å². The summed E-state index contributed by atoms with van der Waals surface area (Å²) in [5, 5.41) is 0. The van der Waals surface area contributed by atoms with Gasteiger partial charge in [0.25, 0.3) is 0 Å². The van der Waals surface area contributed by atoms with Crippen molar-refractivity contribution in [1.82, 2.24) is 0 Å². The molecule has 0 aliphatic rings. The van der Waals surface area contributed by atoms with Crippen molar-refractivity contribution in [1.29, 1.82) is 0 Å². The molecule has 19 heavy (non-hydrogen) atoms. The van der Waals surface area contributed by atoms with E-state index in [4.69, 9.17) is 5.73 Å². The maximum atomic E-state index is 11.3. The smallest absolute Gasteiger partial charge is 0.337 e. The second-order valence-corrected chi connectivity index (χ2v) is 7.27. The first kappa shape index (κ1) is 18.2. The van der Waals surface area contributed by atoms with Crippen LogP contribution in [0.4, 0.5) is 5.69 Å². The number of rotatable bonds is 2. The monoisotopic (exact) mass is 391 g/mol. The van der Waals surface area contributed by atoms with Gasteiger partial charge in [-0.05, 0) is 67.6 Å². The van der Waals surface area contributed by atoms with Crippen LogP contribution < -0.4 is 5.73 Å². The Morgan fingerprint density at radius 3 is 2.26 bits per heavy atom. The molecule has 1 aromatic carbocycles. The third kappa shape index (κ3) is 8.06. The third-order valence-corrected chi connectivity index (χ3v) is 2.23. The van der Waals surface area contributed by atoms with E-state index in [2.05, 4.69) is 57.4 Å². The van der Waals surface area contributed by atoms with Gasteiger partial charge in [0.15, 0.2) is 0 Å². The highest BCUT2D eigenvalue weighted by Gasteiger charge is 2.07. The number of nitrogens with two attached hydrogens (primary N) is 1. The fourth-order valence-corrected chi connectivity index (χ4v) is 1.56. The predicted octanol–water partition coefficient (Wildman–Crippen LogP) is 4.81. The summed E-state index contributed by atoms with van der Waals surface area (Å²) in [7, 11) is 1.34. The van der Waals surface area contributed by atoms with Crippen molar-refractivity contribution in [2.24, 2.45) is 5.92 Å². The van der Waals surface area contributed by atoms with Crippen molar-refractivity contribution in [2.45, 2.75) is 20.8 Å². The van der Waals surface area contributed by atoms with Gasteiger partial charge in [-0.3, -0.25) is 0 Å². The van der Waals surface area contributed by atoms with Gasteiger partial charge in [-0.1, -0.05) is 20.8 Å². The lowest BCUT2D eigenvalue weighted by Crippen LogP contribution is -2.02. The van der Waals surface area contributed by atoms with Crippen LogP contribution in [0.2, 0.25) is 0 Å². The van der Waals surface area contributed by atoms with Gasteiger partial charge < -0.3 is 10.5 Å². The van der Waals surface area contributed by atoms with Gasteiger partial charge in [-0.2, -0.15) is 0 Å². The number of methoxy groups -OCH3 is 1. The summed E-state index contributed by atoms with van der Waals surface area (Å²) < 4.78 is 5.37. The number of esters is 1. The maximum absolute atomic E-state index is 11.3. The molecule has 0 aliphatic heterocycles. The first-order valence-corrected chi connectivity index (χ1v) is 7.37. The van der Waals surface area contributed by atoms with Crippen molar-refractivity contribution in [3.63, 3.8) is 0 Å². The lowest BCUT2D eigenvalue weighted by Gasteiger charge is -2.04. The lowest BCUT2D eigenvalue weighted by atomic mass is 10.1. The van der Waals surface area contributed by atoms with Crippen molar-refractivity contribution >= 4 is 49.6 Å². The van der Waals surface area contributed by atoms with Crippen molar-refractivity contribution in [3.8, 4) is 0 Å². The quantitative estimate of drug-likeness (QED) is 0.580. The van der Waals surface area contributed by atoms with Crippen LogP contribution in [0, 0.1) is 5.92 Å². The molecule has 0 amide bonds. The summed E-state index contributed by atoms with van der Waals surface area (Å²) in [6.45, 7) is 6.50. The van der Waals surface area contributed by atoms with Gasteiger partial charge in [0.2, 0.25) is 0 Å². The van der Waals surface area contributed by atoms with Crippen LogP contribution in [0.5, 0.6) is 0 Å². The molecule has 0 saturated heterocycles. The number of carbonyl (C=O) groups is 1. The summed E-state index contributed by atoms with van der Waals surface area (Å²) >= 11 is 6.46. The minimum atomic E-state index is -0.379. The molecule has 0 atom stereocenters. The molecule has 1 aromatic rings. The van der Waals surface area contributed by atoms with Crippen LogP contribution in [-0.2, 0) is 4.74 Å². The first-order valence-electron chi connectivity index (χ1n) is 5.78. The van der Waals surface area contributed by atoms with E-state index in [9.17, 15) is 4.79 Å². The Balaban J connectivity index is 0.000000711. The zero-order chi connectivity index (χ0) is 15.0. The molecule has 3 nitrogen and oxygen atoms in total. The normalized spacial score (nSPS) is 9.42. The molecule has 2 N–H and O–H groups in total. The minimum Gasteiger partial charge on any atom is -0.465 e. The minimum absolute atomic E-state index is 0.379. The molecule has 1 rings (SSSR count). The van der Waals surface area contributed by atoms with E-state index in [0.717, 1.165) is 14.9 Å². The molecular formula is C14H19Br2NO2. The fraction of sp³-hybridized carbons (Fsp3) is 0.357. The van der Waals surface area contributed by atoms with Gasteiger partial charge >= 0.3 is 5.97 Å². The van der Waals surface area contributed by atoms with Crippen LogP contribution in [0.3, 0.4) is 0 Å². The van der Waals surface area contributed by atoms with Crippen molar-refractivity contribution in [3.05, 3.63) is 32.7 Å². The van der Waals surface area contributed by atoms with Crippen molar-refractivity contribution < 1.29 is 9.53 Å². The van der Waals surface area contributed by atoms with Gasteiger partial charge in [0.05, 0.1) is 16.1 Å². The number of carbonyl (C=O) groups excluding carboxylic acids is 1. The Morgan fingerprint density at radius 2 is 1.84 bits per heavy atom. The number of ether oxygens (including phenoxy) is 1. The molecule has 0 unspecified atom stereocenters. The van der Waals surface area contributed by atoms with Gasteiger partial charge in [-0.25, -0.2) is 4.79 Å². The molecule has 0 fully saturated rings. The summed E-state index contributed by atoms with van der Waals surface area (Å²) in [6.07, 6.45) is 1.77. The second kappa shape index (κ2) is 9.15. The molecule has 0 radical (unpaired) electrons. The van der Waals surface area contributed by atoms with Gasteiger partial charge in [0.1, 0.15) is 0 Å². The summed E-state index contributed by atoms with van der Waals surface area (Å²) in [5.41, 5.74) is 7.56. The number of anilines is 1. The maximum Gasteiger partial charge on any atom is 0.337 e. The average molecular weight is 393 g/mol. The zero-order valence-corrected chi connectivity index (χ0v) is 14.7. The van der Waals surface area contributed by atoms with E-state index in [1.54, 1.807) is 24.3 Å². The standard InChI is InChI=1S/C10H9Br2NO2.C4H10/c1-15-10(14)6-2-3-8(13)7(4-6)5-9(11)12;1-4(2)3/h2-5H,13H2,1H3;4H,1-3H3. The molecule has 0 heterocycles. The van der Waals surface area contributed by atoms with Crippen LogP contribution in [0.15, 0.2) is 21.6 Å². The molecule has 106 valence electrons. The first-order chi connectivity index (χ1) is 8.77. The Kier molecular flexibility index (Phi) is 8.76. The average Bonchev–Trinajstić information content (AvgIpc) is 2.29. The third-order valence-electron chi connectivity index (χ3n) is 1.77. The highest BCUT2D eigenvalue weighted by Crippen LogP contribution is 2.23. The zero-order valence-electron chi connectivity index (χ0n) is 11.5. The van der Waals surface area contributed by atoms with E-state index < -0.39 is 0 Å². The number of nitrogen functional groups attached to an aromatic ring is 1. The Labute approximate surface area is 131 Å². The Morgan fingerprint density at radius 1 is 1.32 bits per heavy atom. The van der Waals surface area contributed by atoms with Gasteiger partial charge in [-0.15, -0.1) is 0 Å². The molecule has 0 aliphatic carbocycles.